The second kappa shape index (κ2) is 6.04. The number of anilines is 1. The first-order valence-electron chi connectivity index (χ1n) is 4.88. The predicted octanol–water partition coefficient (Wildman–Crippen LogP) is 2.78. The first-order chi connectivity index (χ1) is 6.74. The highest BCUT2D eigenvalue weighted by Crippen LogP contribution is 2.20. The number of halogens is 1. The molecular weight excluding hydrogens is 240 g/mol. The van der Waals surface area contributed by atoms with Gasteiger partial charge in [-0.25, -0.2) is 0 Å². The van der Waals surface area contributed by atoms with Crippen LogP contribution in [-0.4, -0.2) is 20.1 Å². The largest absolute Gasteiger partial charge is 0.385 e. The lowest BCUT2D eigenvalue weighted by molar-refractivity contribution is 0.748. The van der Waals surface area contributed by atoms with E-state index in [1.54, 1.807) is 0 Å². The minimum absolute atomic E-state index is 1.01. The van der Waals surface area contributed by atoms with Crippen molar-refractivity contribution in [3.05, 3.63) is 28.2 Å². The lowest BCUT2D eigenvalue weighted by atomic mass is 10.2. The van der Waals surface area contributed by atoms with Crippen molar-refractivity contribution in [2.24, 2.45) is 0 Å². The Kier molecular flexibility index (Phi) is 4.98. The van der Waals surface area contributed by atoms with Crippen molar-refractivity contribution >= 4 is 21.6 Å². The molecule has 0 amide bonds. The molecule has 0 spiro atoms. The number of rotatable bonds is 5. The molecule has 2 N–H and O–H groups in total. The van der Waals surface area contributed by atoms with Gasteiger partial charge in [-0.15, -0.1) is 0 Å². The molecule has 0 aliphatic rings. The maximum Gasteiger partial charge on any atom is 0.0351 e. The van der Waals surface area contributed by atoms with Crippen molar-refractivity contribution in [3.63, 3.8) is 0 Å². The van der Waals surface area contributed by atoms with Gasteiger partial charge in [0, 0.05) is 16.7 Å². The summed E-state index contributed by atoms with van der Waals surface area (Å²) in [6.07, 6.45) is 1.14. The smallest absolute Gasteiger partial charge is 0.0351 e. The Labute approximate surface area is 94.2 Å². The van der Waals surface area contributed by atoms with Gasteiger partial charge in [0.25, 0.3) is 0 Å². The van der Waals surface area contributed by atoms with E-state index in [9.17, 15) is 0 Å². The molecule has 0 atom stereocenters. The Bertz CT molecular complexity index is 287. The first kappa shape index (κ1) is 11.5. The Morgan fingerprint density at radius 3 is 2.71 bits per heavy atom. The number of aryl methyl sites for hydroxylation is 1. The fourth-order valence-corrected chi connectivity index (χ4v) is 1.58. The zero-order valence-corrected chi connectivity index (χ0v) is 10.3. The number of nitrogens with one attached hydrogen (secondary N) is 2. The highest BCUT2D eigenvalue weighted by Gasteiger charge is 1.96. The lowest BCUT2D eigenvalue weighted by Crippen LogP contribution is -2.12. The summed E-state index contributed by atoms with van der Waals surface area (Å²) >= 11 is 3.52. The van der Waals surface area contributed by atoms with E-state index in [1.165, 1.54) is 11.3 Å². The Morgan fingerprint density at radius 2 is 2.07 bits per heavy atom. The van der Waals surface area contributed by atoms with Crippen molar-refractivity contribution in [2.45, 2.75) is 13.3 Å². The summed E-state index contributed by atoms with van der Waals surface area (Å²) in [5.41, 5.74) is 2.45. The zero-order valence-electron chi connectivity index (χ0n) is 8.73. The molecule has 0 unspecified atom stereocenters. The van der Waals surface area contributed by atoms with E-state index < -0.39 is 0 Å². The molecule has 14 heavy (non-hydrogen) atoms. The van der Waals surface area contributed by atoms with E-state index in [4.69, 9.17) is 0 Å². The van der Waals surface area contributed by atoms with Gasteiger partial charge in [-0.1, -0.05) is 22.0 Å². The van der Waals surface area contributed by atoms with Gasteiger partial charge in [0.15, 0.2) is 0 Å². The van der Waals surface area contributed by atoms with E-state index >= 15 is 0 Å². The molecule has 1 aromatic rings. The highest BCUT2D eigenvalue weighted by molar-refractivity contribution is 9.10. The van der Waals surface area contributed by atoms with Gasteiger partial charge in [0.05, 0.1) is 0 Å². The van der Waals surface area contributed by atoms with Crippen LogP contribution in [-0.2, 0) is 0 Å². The summed E-state index contributed by atoms with van der Waals surface area (Å²) in [4.78, 5) is 0. The minimum Gasteiger partial charge on any atom is -0.385 e. The normalized spacial score (nSPS) is 10.2. The molecule has 0 aromatic heterocycles. The third-order valence-electron chi connectivity index (χ3n) is 2.10. The third kappa shape index (κ3) is 3.68. The van der Waals surface area contributed by atoms with Crippen LogP contribution in [0, 0.1) is 6.92 Å². The van der Waals surface area contributed by atoms with Crippen molar-refractivity contribution in [1.29, 1.82) is 0 Å². The quantitative estimate of drug-likeness (QED) is 0.792. The van der Waals surface area contributed by atoms with Gasteiger partial charge in [0.1, 0.15) is 0 Å². The maximum atomic E-state index is 3.52. The molecular formula is C11H17BrN2. The number of benzene rings is 1. The summed E-state index contributed by atoms with van der Waals surface area (Å²) < 4.78 is 1.16. The van der Waals surface area contributed by atoms with Crippen LogP contribution in [0.25, 0.3) is 0 Å². The topological polar surface area (TPSA) is 24.1 Å². The lowest BCUT2D eigenvalue weighted by Gasteiger charge is -2.07. The molecule has 0 saturated heterocycles. The zero-order chi connectivity index (χ0) is 10.4. The third-order valence-corrected chi connectivity index (χ3v) is 2.96. The minimum atomic E-state index is 1.01. The average molecular weight is 257 g/mol. The predicted molar refractivity (Wildman–Crippen MR) is 65.9 cm³/mol. The molecule has 0 radical (unpaired) electrons. The standard InChI is InChI=1S/C11H17BrN2/c1-9-4-5-10(8-11(9)12)14-7-3-6-13-2/h4-5,8,13-14H,3,6-7H2,1-2H3. The highest BCUT2D eigenvalue weighted by atomic mass is 79.9. The monoisotopic (exact) mass is 256 g/mol. The summed E-state index contributed by atoms with van der Waals surface area (Å²) in [7, 11) is 1.97. The van der Waals surface area contributed by atoms with Crippen molar-refractivity contribution in [2.75, 3.05) is 25.5 Å². The fraction of sp³-hybridized carbons (Fsp3) is 0.455. The summed E-state index contributed by atoms with van der Waals surface area (Å²) in [5, 5.41) is 6.50. The average Bonchev–Trinajstić information content (AvgIpc) is 2.18. The van der Waals surface area contributed by atoms with Crippen molar-refractivity contribution in [1.82, 2.24) is 5.32 Å². The van der Waals surface area contributed by atoms with Crippen LogP contribution in [0.4, 0.5) is 5.69 Å². The Balaban J connectivity index is 2.39. The van der Waals surface area contributed by atoms with E-state index in [-0.39, 0.29) is 0 Å². The molecule has 1 rings (SSSR count). The Morgan fingerprint density at radius 1 is 1.29 bits per heavy atom. The van der Waals surface area contributed by atoms with Crippen LogP contribution in [0.5, 0.6) is 0 Å². The SMILES string of the molecule is CNCCCNc1ccc(C)c(Br)c1. The molecule has 78 valence electrons. The molecule has 0 bridgehead atoms. The molecule has 0 heterocycles. The van der Waals surface area contributed by atoms with Crippen molar-refractivity contribution < 1.29 is 0 Å². The van der Waals surface area contributed by atoms with Crippen LogP contribution in [0.1, 0.15) is 12.0 Å². The molecule has 0 aliphatic carbocycles. The molecule has 0 fully saturated rings. The summed E-state index contributed by atoms with van der Waals surface area (Å²) in [6, 6.07) is 6.35. The van der Waals surface area contributed by atoms with Crippen LogP contribution < -0.4 is 10.6 Å². The van der Waals surface area contributed by atoms with Gasteiger partial charge >= 0.3 is 0 Å². The van der Waals surface area contributed by atoms with E-state index in [0.29, 0.717) is 0 Å². The van der Waals surface area contributed by atoms with Gasteiger partial charge in [-0.2, -0.15) is 0 Å². The van der Waals surface area contributed by atoms with Crippen LogP contribution in [0.2, 0.25) is 0 Å². The fourth-order valence-electron chi connectivity index (χ4n) is 1.20. The van der Waals surface area contributed by atoms with Gasteiger partial charge < -0.3 is 10.6 Å². The van der Waals surface area contributed by atoms with E-state index in [1.807, 2.05) is 7.05 Å². The van der Waals surface area contributed by atoms with Gasteiger partial charge in [-0.05, 0) is 44.6 Å². The molecule has 0 aliphatic heterocycles. The number of hydrogen-bond acceptors (Lipinski definition) is 2. The van der Waals surface area contributed by atoms with E-state index in [0.717, 1.165) is 24.0 Å². The van der Waals surface area contributed by atoms with Gasteiger partial charge in [-0.3, -0.25) is 0 Å². The van der Waals surface area contributed by atoms with E-state index in [2.05, 4.69) is 51.7 Å². The molecule has 0 saturated carbocycles. The number of hydrogen-bond donors (Lipinski definition) is 2. The van der Waals surface area contributed by atoms with Crippen LogP contribution in [0.15, 0.2) is 22.7 Å². The second-order valence-electron chi connectivity index (χ2n) is 3.35. The molecule has 1 aromatic carbocycles. The van der Waals surface area contributed by atoms with Crippen LogP contribution in [0.3, 0.4) is 0 Å². The molecule has 2 nitrogen and oxygen atoms in total. The summed E-state index contributed by atoms with van der Waals surface area (Å²) in [6.45, 7) is 4.16. The molecule has 3 heteroatoms. The summed E-state index contributed by atoms with van der Waals surface area (Å²) in [5.74, 6) is 0. The van der Waals surface area contributed by atoms with Gasteiger partial charge in [0.2, 0.25) is 0 Å². The van der Waals surface area contributed by atoms with Crippen LogP contribution >= 0.6 is 15.9 Å². The maximum absolute atomic E-state index is 3.52. The first-order valence-corrected chi connectivity index (χ1v) is 5.68. The van der Waals surface area contributed by atoms with Crippen molar-refractivity contribution in [3.8, 4) is 0 Å². The second-order valence-corrected chi connectivity index (χ2v) is 4.20. The Hall–Kier alpha value is -0.540.